The van der Waals surface area contributed by atoms with Crippen LogP contribution in [0.5, 0.6) is 0 Å². The van der Waals surface area contributed by atoms with Gasteiger partial charge in [-0.25, -0.2) is 0 Å². The van der Waals surface area contributed by atoms with Crippen LogP contribution >= 0.6 is 11.3 Å². The molecular weight excluding hydrogens is 204 g/mol. The van der Waals surface area contributed by atoms with Gasteiger partial charge in [0.1, 0.15) is 0 Å². The summed E-state index contributed by atoms with van der Waals surface area (Å²) in [5.41, 5.74) is 0. The average Bonchev–Trinajstić information content (AvgIpc) is 2.71. The molecule has 0 N–H and O–H groups in total. The third-order valence-electron chi connectivity index (χ3n) is 2.83. The molecule has 0 aromatic carbocycles. The van der Waals surface area contributed by atoms with Gasteiger partial charge in [-0.05, 0) is 24.5 Å². The van der Waals surface area contributed by atoms with Crippen LogP contribution in [0.2, 0.25) is 0 Å². The Bertz CT molecular complexity index is 290. The van der Waals surface area contributed by atoms with Crippen LogP contribution in [-0.2, 0) is 6.42 Å². The number of carbonyl (C=O) groups is 1. The number of unbranched alkanes of at least 4 members (excludes halogenated alkanes) is 1. The Morgan fingerprint density at radius 3 is 2.73 bits per heavy atom. The van der Waals surface area contributed by atoms with E-state index in [1.807, 2.05) is 6.07 Å². The molecule has 0 saturated heterocycles. The first kappa shape index (κ1) is 12.4. The molecule has 1 aromatic heterocycles. The highest BCUT2D eigenvalue weighted by Gasteiger charge is 2.08. The summed E-state index contributed by atoms with van der Waals surface area (Å²) >= 11 is 1.64. The van der Waals surface area contributed by atoms with Crippen LogP contribution in [0.3, 0.4) is 0 Å². The monoisotopic (exact) mass is 224 g/mol. The lowest BCUT2D eigenvalue weighted by atomic mass is 9.95. The molecule has 0 spiro atoms. The maximum atomic E-state index is 10.6. The Hall–Kier alpha value is -0.630. The summed E-state index contributed by atoms with van der Waals surface area (Å²) in [6, 6.07) is 4.03. The van der Waals surface area contributed by atoms with Crippen molar-refractivity contribution in [3.63, 3.8) is 0 Å². The lowest BCUT2D eigenvalue weighted by Crippen LogP contribution is -2.01. The van der Waals surface area contributed by atoms with Gasteiger partial charge in [0.2, 0.25) is 0 Å². The molecule has 0 aliphatic heterocycles. The van der Waals surface area contributed by atoms with Crippen molar-refractivity contribution in [2.24, 2.45) is 5.92 Å². The summed E-state index contributed by atoms with van der Waals surface area (Å²) in [5.74, 6) is 0.795. The maximum absolute atomic E-state index is 10.6. The van der Waals surface area contributed by atoms with Crippen molar-refractivity contribution in [2.45, 2.75) is 46.0 Å². The first-order chi connectivity index (χ1) is 7.30. The molecule has 0 aliphatic carbocycles. The fraction of sp³-hybridized carbons (Fsp3) is 0.615. The number of thiophene rings is 1. The van der Waals surface area contributed by atoms with Crippen LogP contribution in [0.25, 0.3) is 0 Å². The Kier molecular flexibility index (Phi) is 5.62. The molecule has 2 heteroatoms. The van der Waals surface area contributed by atoms with Crippen LogP contribution in [0.15, 0.2) is 12.1 Å². The van der Waals surface area contributed by atoms with Gasteiger partial charge >= 0.3 is 0 Å². The van der Waals surface area contributed by atoms with Crippen molar-refractivity contribution in [3.05, 3.63) is 21.9 Å². The molecule has 0 saturated carbocycles. The standard InChI is InChI=1S/C13H20OS/c1-3-5-6-11(4-2)9-12-7-8-13(10-14)15-12/h7-8,10-11H,3-6,9H2,1-2H3. The number of aldehydes is 1. The molecule has 1 rings (SSSR count). The van der Waals surface area contributed by atoms with Gasteiger partial charge in [-0.1, -0.05) is 39.5 Å². The topological polar surface area (TPSA) is 17.1 Å². The molecule has 1 nitrogen and oxygen atoms in total. The number of carbonyl (C=O) groups excluding carboxylic acids is 1. The highest BCUT2D eigenvalue weighted by molar-refractivity contribution is 7.13. The summed E-state index contributed by atoms with van der Waals surface area (Å²) in [6.07, 6.45) is 7.26. The smallest absolute Gasteiger partial charge is 0.160 e. The molecule has 1 atom stereocenters. The predicted octanol–water partition coefficient (Wildman–Crippen LogP) is 4.32. The second-order valence-corrected chi connectivity index (χ2v) is 5.24. The van der Waals surface area contributed by atoms with Crippen molar-refractivity contribution in [1.29, 1.82) is 0 Å². The molecule has 15 heavy (non-hydrogen) atoms. The summed E-state index contributed by atoms with van der Waals surface area (Å²) < 4.78 is 0. The fourth-order valence-corrected chi connectivity index (χ4v) is 2.74. The van der Waals surface area contributed by atoms with Gasteiger partial charge < -0.3 is 0 Å². The number of rotatable bonds is 7. The summed E-state index contributed by atoms with van der Waals surface area (Å²) in [5, 5.41) is 0. The van der Waals surface area contributed by atoms with E-state index in [4.69, 9.17) is 0 Å². The Morgan fingerprint density at radius 2 is 2.20 bits per heavy atom. The molecule has 0 bridgehead atoms. The summed E-state index contributed by atoms with van der Waals surface area (Å²) in [6.45, 7) is 4.50. The normalized spacial score (nSPS) is 12.7. The Morgan fingerprint density at radius 1 is 1.40 bits per heavy atom. The third kappa shape index (κ3) is 4.17. The average molecular weight is 224 g/mol. The molecule has 0 amide bonds. The molecule has 1 unspecified atom stereocenters. The van der Waals surface area contributed by atoms with Crippen LogP contribution < -0.4 is 0 Å². The van der Waals surface area contributed by atoms with E-state index in [9.17, 15) is 4.79 Å². The molecule has 1 aromatic rings. The number of hydrogen-bond donors (Lipinski definition) is 0. The predicted molar refractivity (Wildman–Crippen MR) is 66.7 cm³/mol. The van der Waals surface area contributed by atoms with Gasteiger partial charge in [0.15, 0.2) is 6.29 Å². The molecule has 0 fully saturated rings. The highest BCUT2D eigenvalue weighted by atomic mass is 32.1. The zero-order chi connectivity index (χ0) is 11.1. The van der Waals surface area contributed by atoms with Crippen molar-refractivity contribution < 1.29 is 4.79 Å². The number of hydrogen-bond acceptors (Lipinski definition) is 2. The highest BCUT2D eigenvalue weighted by Crippen LogP contribution is 2.23. The second kappa shape index (κ2) is 6.78. The first-order valence-electron chi connectivity index (χ1n) is 5.84. The van der Waals surface area contributed by atoms with Gasteiger partial charge in [-0.15, -0.1) is 11.3 Å². The minimum atomic E-state index is 0.795. The van der Waals surface area contributed by atoms with Gasteiger partial charge in [-0.3, -0.25) is 4.79 Å². The summed E-state index contributed by atoms with van der Waals surface area (Å²) in [4.78, 5) is 12.8. The molecular formula is C13H20OS. The minimum Gasteiger partial charge on any atom is -0.297 e. The zero-order valence-electron chi connectivity index (χ0n) is 9.66. The molecule has 1 heterocycles. The van der Waals surface area contributed by atoms with E-state index in [-0.39, 0.29) is 0 Å². The maximum Gasteiger partial charge on any atom is 0.160 e. The van der Waals surface area contributed by atoms with E-state index in [0.717, 1.165) is 23.5 Å². The molecule has 0 radical (unpaired) electrons. The van der Waals surface area contributed by atoms with E-state index in [1.165, 1.54) is 30.6 Å². The molecule has 0 aliphatic rings. The second-order valence-electron chi connectivity index (χ2n) is 4.04. The summed E-state index contributed by atoms with van der Waals surface area (Å²) in [7, 11) is 0. The van der Waals surface area contributed by atoms with Crippen molar-refractivity contribution in [1.82, 2.24) is 0 Å². The SMILES string of the molecule is CCCCC(CC)Cc1ccc(C=O)s1. The van der Waals surface area contributed by atoms with Gasteiger partial charge in [0, 0.05) is 4.88 Å². The third-order valence-corrected chi connectivity index (χ3v) is 3.86. The van der Waals surface area contributed by atoms with E-state index in [0.29, 0.717) is 0 Å². The first-order valence-corrected chi connectivity index (χ1v) is 6.65. The van der Waals surface area contributed by atoms with Crippen LogP contribution in [0.1, 0.15) is 54.1 Å². The van der Waals surface area contributed by atoms with Crippen molar-refractivity contribution in [3.8, 4) is 0 Å². The molecule has 84 valence electrons. The van der Waals surface area contributed by atoms with E-state index in [2.05, 4.69) is 19.9 Å². The van der Waals surface area contributed by atoms with E-state index < -0.39 is 0 Å². The minimum absolute atomic E-state index is 0.795. The van der Waals surface area contributed by atoms with Gasteiger partial charge in [0.25, 0.3) is 0 Å². The Balaban J connectivity index is 2.46. The van der Waals surface area contributed by atoms with Crippen LogP contribution in [0.4, 0.5) is 0 Å². The van der Waals surface area contributed by atoms with E-state index >= 15 is 0 Å². The van der Waals surface area contributed by atoms with Gasteiger partial charge in [-0.2, -0.15) is 0 Å². The lowest BCUT2D eigenvalue weighted by molar-refractivity contribution is 0.112. The van der Waals surface area contributed by atoms with E-state index in [1.54, 1.807) is 11.3 Å². The van der Waals surface area contributed by atoms with Crippen molar-refractivity contribution >= 4 is 17.6 Å². The largest absolute Gasteiger partial charge is 0.297 e. The lowest BCUT2D eigenvalue weighted by Gasteiger charge is -2.12. The zero-order valence-corrected chi connectivity index (χ0v) is 10.5. The van der Waals surface area contributed by atoms with Crippen LogP contribution in [0, 0.1) is 5.92 Å². The van der Waals surface area contributed by atoms with Crippen molar-refractivity contribution in [2.75, 3.05) is 0 Å². The fourth-order valence-electron chi connectivity index (χ4n) is 1.80. The van der Waals surface area contributed by atoms with Gasteiger partial charge in [0.05, 0.1) is 4.88 Å². The Labute approximate surface area is 96.5 Å². The quantitative estimate of drug-likeness (QED) is 0.630. The van der Waals surface area contributed by atoms with Crippen LogP contribution in [-0.4, -0.2) is 6.29 Å².